The minimum Gasteiger partial charge on any atom is -0.165 e. The molecule has 0 aliphatic rings. The molecule has 0 saturated carbocycles. The second-order valence-electron chi connectivity index (χ2n) is 18.8. The van der Waals surface area contributed by atoms with Crippen molar-refractivity contribution >= 4 is 31.1 Å². The molecule has 0 amide bonds. The fourth-order valence-corrected chi connectivity index (χ4v) is 6.57. The smallest absolute Gasteiger partial charge is 0.0307 e. The molecule has 6 aromatic carbocycles. The molecular formula is C50H64HfSi-2. The Kier molecular flexibility index (Phi) is 14.0. The van der Waals surface area contributed by atoms with Crippen molar-refractivity contribution in [3.05, 3.63) is 130 Å². The van der Waals surface area contributed by atoms with Crippen LogP contribution in [0.25, 0.3) is 43.8 Å². The Bertz CT molecular complexity index is 1870. The minimum absolute atomic E-state index is 0. The van der Waals surface area contributed by atoms with Gasteiger partial charge in [0.05, 0.1) is 0 Å². The van der Waals surface area contributed by atoms with Crippen LogP contribution in [-0.2, 0) is 47.5 Å². The van der Waals surface area contributed by atoms with E-state index in [0.29, 0.717) is 0 Å². The molecule has 2 radical (unpaired) electrons. The van der Waals surface area contributed by atoms with Crippen molar-refractivity contribution in [2.45, 2.75) is 132 Å². The summed E-state index contributed by atoms with van der Waals surface area (Å²) >= 11 is 0. The molecule has 0 heterocycles. The molecule has 0 bridgehead atoms. The molecule has 0 aliphatic carbocycles. The normalized spacial score (nSPS) is 12.2. The third kappa shape index (κ3) is 10.7. The predicted octanol–water partition coefficient (Wildman–Crippen LogP) is 15.0. The average molecular weight is 872 g/mol. The number of rotatable bonds is 2. The maximum Gasteiger partial charge on any atom is 0.0307 e. The topological polar surface area (TPSA) is 0 Å². The summed E-state index contributed by atoms with van der Waals surface area (Å²) in [5, 5.41) is 5.40. The van der Waals surface area contributed by atoms with Crippen molar-refractivity contribution in [2.24, 2.45) is 0 Å². The van der Waals surface area contributed by atoms with Crippen LogP contribution < -0.4 is 0 Å². The second-order valence-corrected chi connectivity index (χ2v) is 19.8. The molecule has 0 fully saturated rings. The van der Waals surface area contributed by atoms with Crippen LogP contribution in [-0.4, -0.2) is 9.52 Å². The third-order valence-corrected chi connectivity index (χ3v) is 9.74. The summed E-state index contributed by atoms with van der Waals surface area (Å²) in [6, 6.07) is 36.8. The van der Waals surface area contributed by atoms with Gasteiger partial charge in [0.1, 0.15) is 0 Å². The molecule has 0 saturated heterocycles. The van der Waals surface area contributed by atoms with Crippen molar-refractivity contribution in [1.82, 2.24) is 0 Å². The molecule has 0 nitrogen and oxygen atoms in total. The van der Waals surface area contributed by atoms with E-state index in [1.54, 1.807) is 0 Å². The van der Waals surface area contributed by atoms with Crippen LogP contribution in [0.1, 0.15) is 116 Å². The van der Waals surface area contributed by atoms with E-state index >= 15 is 0 Å². The van der Waals surface area contributed by atoms with E-state index in [2.05, 4.69) is 207 Å². The van der Waals surface area contributed by atoms with Gasteiger partial charge in [-0.1, -0.05) is 170 Å². The van der Waals surface area contributed by atoms with Gasteiger partial charge in [0.2, 0.25) is 0 Å². The van der Waals surface area contributed by atoms with E-state index < -0.39 is 0 Å². The van der Waals surface area contributed by atoms with E-state index in [0.717, 1.165) is 9.52 Å². The van der Waals surface area contributed by atoms with Gasteiger partial charge in [0, 0.05) is 35.4 Å². The van der Waals surface area contributed by atoms with Crippen molar-refractivity contribution < 1.29 is 25.8 Å². The maximum absolute atomic E-state index is 2.39. The van der Waals surface area contributed by atoms with Gasteiger partial charge in [0.15, 0.2) is 0 Å². The molecule has 0 aliphatic heterocycles. The Morgan fingerprint density at radius 1 is 0.423 bits per heavy atom. The molecule has 274 valence electrons. The summed E-state index contributed by atoms with van der Waals surface area (Å²) in [7, 11) is 1.08. The van der Waals surface area contributed by atoms with Gasteiger partial charge in [-0.3, -0.25) is 0 Å². The molecular weight excluding hydrogens is 807 g/mol. The molecule has 0 aromatic heterocycles. The van der Waals surface area contributed by atoms with E-state index in [9.17, 15) is 0 Å². The first-order valence-corrected chi connectivity index (χ1v) is 20.8. The number of fused-ring (bicyclic) bond motifs is 2. The van der Waals surface area contributed by atoms with Crippen molar-refractivity contribution in [1.29, 1.82) is 0 Å². The zero-order chi connectivity index (χ0) is 38.1. The monoisotopic (exact) mass is 872 g/mol. The predicted molar refractivity (Wildman–Crippen MR) is 232 cm³/mol. The van der Waals surface area contributed by atoms with E-state index in [1.165, 1.54) is 77.2 Å². The standard InChI is InChI=1S/2C24H29.C2H6Si.Hf/c2*1-16-11-17-9-8-10-21(22(17)12-16)18-13-19(23(2,3)4)15-20(14-18)24(5,6)7;1-3-2;/h2*8-15H,1-7H3;1-2H3;/q2*-1;;. The van der Waals surface area contributed by atoms with E-state index in [-0.39, 0.29) is 47.5 Å². The van der Waals surface area contributed by atoms with Gasteiger partial charge in [-0.25, -0.2) is 0 Å². The number of hydrogen-bond acceptors (Lipinski definition) is 0. The van der Waals surface area contributed by atoms with Crippen LogP contribution in [0.4, 0.5) is 0 Å². The number of aryl methyl sites for hydroxylation is 2. The second kappa shape index (κ2) is 16.7. The van der Waals surface area contributed by atoms with Gasteiger partial charge in [-0.2, -0.15) is 12.1 Å². The fraction of sp³-hybridized carbons (Fsp3) is 0.400. The zero-order valence-corrected chi connectivity index (χ0v) is 39.8. The Balaban J connectivity index is 0.000000256. The van der Waals surface area contributed by atoms with Crippen LogP contribution in [0.2, 0.25) is 13.1 Å². The SMILES string of the molecule is C[Si]C.Cc1cc2c(-c3cc(C(C)(C)C)cc(C(C)(C)C)c3)cccc2[cH-]1.Cc1cc2c(-c3cc(C(C)(C)C)cc(C(C)(C)C)c3)cccc2[cH-]1.[Hf]. The summed E-state index contributed by atoms with van der Waals surface area (Å²) in [5.74, 6) is 0. The van der Waals surface area contributed by atoms with Gasteiger partial charge in [-0.05, 0) is 55.0 Å². The Labute approximate surface area is 339 Å². The Morgan fingerprint density at radius 3 is 0.942 bits per heavy atom. The largest absolute Gasteiger partial charge is 0.165 e. The minimum atomic E-state index is 0. The van der Waals surface area contributed by atoms with E-state index in [4.69, 9.17) is 0 Å². The van der Waals surface area contributed by atoms with Crippen LogP contribution in [0.15, 0.2) is 97.1 Å². The zero-order valence-electron chi connectivity index (χ0n) is 35.2. The van der Waals surface area contributed by atoms with Gasteiger partial charge in [0.25, 0.3) is 0 Å². The summed E-state index contributed by atoms with van der Waals surface area (Å²) in [4.78, 5) is 0. The van der Waals surface area contributed by atoms with Gasteiger partial charge in [-0.15, -0.1) is 69.1 Å². The van der Waals surface area contributed by atoms with Crippen LogP contribution >= 0.6 is 0 Å². The third-order valence-electron chi connectivity index (χ3n) is 9.74. The molecule has 6 rings (SSSR count). The first kappa shape index (κ1) is 43.6. The first-order valence-electron chi connectivity index (χ1n) is 18.8. The van der Waals surface area contributed by atoms with Crippen LogP contribution in [0.3, 0.4) is 0 Å². The quantitative estimate of drug-likeness (QED) is 0.120. The molecule has 52 heavy (non-hydrogen) atoms. The Hall–Kier alpha value is -2.81. The molecule has 0 unspecified atom stereocenters. The van der Waals surface area contributed by atoms with Crippen molar-refractivity contribution in [3.8, 4) is 22.3 Å². The van der Waals surface area contributed by atoms with Crippen molar-refractivity contribution in [3.63, 3.8) is 0 Å². The summed E-state index contributed by atoms with van der Waals surface area (Å²) in [5.41, 5.74) is 14.2. The van der Waals surface area contributed by atoms with Gasteiger partial charge >= 0.3 is 0 Å². The number of hydrogen-bond donors (Lipinski definition) is 0. The summed E-state index contributed by atoms with van der Waals surface area (Å²) in [6.45, 7) is 36.2. The van der Waals surface area contributed by atoms with Gasteiger partial charge < -0.3 is 0 Å². The number of benzene rings is 4. The molecule has 0 N–H and O–H groups in total. The molecule has 6 aromatic rings. The summed E-state index contributed by atoms with van der Waals surface area (Å²) < 4.78 is 0. The first-order chi connectivity index (χ1) is 23.5. The van der Waals surface area contributed by atoms with Crippen LogP contribution in [0, 0.1) is 13.8 Å². The molecule has 2 heteroatoms. The van der Waals surface area contributed by atoms with E-state index in [1.807, 2.05) is 0 Å². The summed E-state index contributed by atoms with van der Waals surface area (Å²) in [6.07, 6.45) is 0. The Morgan fingerprint density at radius 2 is 0.692 bits per heavy atom. The fourth-order valence-electron chi connectivity index (χ4n) is 6.57. The molecule has 0 spiro atoms. The maximum atomic E-state index is 2.39. The average Bonchev–Trinajstić information content (AvgIpc) is 3.60. The van der Waals surface area contributed by atoms with Crippen molar-refractivity contribution in [2.75, 3.05) is 0 Å². The van der Waals surface area contributed by atoms with Crippen LogP contribution in [0.5, 0.6) is 0 Å². The molecule has 0 atom stereocenters.